The van der Waals surface area contributed by atoms with Crippen LogP contribution in [0.25, 0.3) is 0 Å². The molecule has 0 aliphatic carbocycles. The number of aliphatic imine (C=N–C) groups is 1. The van der Waals surface area contributed by atoms with Gasteiger partial charge in [-0.25, -0.2) is 9.38 Å². The van der Waals surface area contributed by atoms with E-state index >= 15 is 0 Å². The Morgan fingerprint density at radius 2 is 2.03 bits per heavy atom. The van der Waals surface area contributed by atoms with Crippen molar-refractivity contribution in [1.82, 2.24) is 20.4 Å². The van der Waals surface area contributed by atoms with Crippen LogP contribution < -0.4 is 15.5 Å². The van der Waals surface area contributed by atoms with Gasteiger partial charge in [0, 0.05) is 38.4 Å². The highest BCUT2D eigenvalue weighted by molar-refractivity contribution is 5.80. The zero-order valence-electron chi connectivity index (χ0n) is 20.0. The zero-order valence-corrected chi connectivity index (χ0v) is 20.0. The van der Waals surface area contributed by atoms with Crippen LogP contribution in [-0.2, 0) is 20.0 Å². The molecule has 0 radical (unpaired) electrons. The number of aryl methyl sites for hydroxylation is 2. The molecular formula is C24H37FN6O. The first-order valence-corrected chi connectivity index (χ1v) is 11.5. The molecule has 1 unspecified atom stereocenters. The fourth-order valence-corrected chi connectivity index (χ4v) is 4.21. The highest BCUT2D eigenvalue weighted by atomic mass is 19.1. The van der Waals surface area contributed by atoms with Crippen LogP contribution in [0, 0.1) is 19.7 Å². The fourth-order valence-electron chi connectivity index (χ4n) is 4.21. The summed E-state index contributed by atoms with van der Waals surface area (Å²) in [5, 5.41) is 20.9. The maximum Gasteiger partial charge on any atom is 0.191 e. The van der Waals surface area contributed by atoms with Gasteiger partial charge in [-0.05, 0) is 70.2 Å². The third-order valence-electron chi connectivity index (χ3n) is 6.13. The monoisotopic (exact) mass is 444 g/mol. The number of aliphatic hydroxyl groups is 1. The second-order valence-electron chi connectivity index (χ2n) is 8.72. The van der Waals surface area contributed by atoms with Crippen molar-refractivity contribution in [3.63, 3.8) is 0 Å². The molecule has 8 heteroatoms. The van der Waals surface area contributed by atoms with E-state index in [1.165, 1.54) is 11.3 Å². The molecule has 2 aromatic rings. The molecule has 1 aromatic heterocycles. The van der Waals surface area contributed by atoms with Crippen molar-refractivity contribution in [2.75, 3.05) is 24.5 Å². The minimum absolute atomic E-state index is 0.169. The van der Waals surface area contributed by atoms with Crippen LogP contribution >= 0.6 is 0 Å². The molecule has 1 aliphatic heterocycles. The molecule has 3 N–H and O–H groups in total. The minimum atomic E-state index is -0.270. The SMILES string of the molecule is CCNC(=NCc1ccc(N2CCC(O)CC2)c(F)c1)NC(C)Cc1c(C)nn(C)c1C. The van der Waals surface area contributed by atoms with Gasteiger partial charge < -0.3 is 20.6 Å². The van der Waals surface area contributed by atoms with Crippen LogP contribution in [0.2, 0.25) is 0 Å². The molecule has 3 rings (SSSR count). The second kappa shape index (κ2) is 10.8. The summed E-state index contributed by atoms with van der Waals surface area (Å²) >= 11 is 0. The Balaban J connectivity index is 1.63. The smallest absolute Gasteiger partial charge is 0.191 e. The van der Waals surface area contributed by atoms with E-state index in [0.717, 1.165) is 24.2 Å². The standard InChI is InChI=1S/C24H37FN6O/c1-6-26-24(28-16(2)13-21-17(3)29-30(5)18(21)4)27-15-19-7-8-23(22(25)14-19)31-11-9-20(32)10-12-31/h7-8,14,16,20,32H,6,9-13,15H2,1-5H3,(H2,26,27,28). The number of benzene rings is 1. The lowest BCUT2D eigenvalue weighted by Gasteiger charge is -2.31. The Hall–Kier alpha value is -2.61. The Bertz CT molecular complexity index is 933. The van der Waals surface area contributed by atoms with Crippen LogP contribution in [-0.4, -0.2) is 52.6 Å². The maximum atomic E-state index is 14.7. The Morgan fingerprint density at radius 3 is 2.62 bits per heavy atom. The molecule has 0 saturated carbocycles. The molecule has 176 valence electrons. The average Bonchev–Trinajstić information content (AvgIpc) is 2.99. The van der Waals surface area contributed by atoms with Gasteiger partial charge in [-0.3, -0.25) is 4.68 Å². The van der Waals surface area contributed by atoms with Crippen molar-refractivity contribution < 1.29 is 9.50 Å². The number of anilines is 1. The zero-order chi connectivity index (χ0) is 23.3. The highest BCUT2D eigenvalue weighted by Crippen LogP contribution is 2.24. The predicted molar refractivity (Wildman–Crippen MR) is 128 cm³/mol. The Morgan fingerprint density at radius 1 is 1.31 bits per heavy atom. The summed E-state index contributed by atoms with van der Waals surface area (Å²) < 4.78 is 16.7. The molecule has 1 atom stereocenters. The molecule has 0 spiro atoms. The summed E-state index contributed by atoms with van der Waals surface area (Å²) in [5.74, 6) is 0.483. The van der Waals surface area contributed by atoms with Gasteiger partial charge in [0.15, 0.2) is 5.96 Å². The van der Waals surface area contributed by atoms with Crippen molar-refractivity contribution in [1.29, 1.82) is 0 Å². The van der Waals surface area contributed by atoms with Gasteiger partial charge in [-0.15, -0.1) is 0 Å². The summed E-state index contributed by atoms with van der Waals surface area (Å²) in [7, 11) is 1.97. The molecule has 7 nitrogen and oxygen atoms in total. The van der Waals surface area contributed by atoms with E-state index in [0.29, 0.717) is 44.1 Å². The lowest BCUT2D eigenvalue weighted by atomic mass is 10.1. The van der Waals surface area contributed by atoms with Crippen molar-refractivity contribution in [3.05, 3.63) is 46.5 Å². The van der Waals surface area contributed by atoms with E-state index in [-0.39, 0.29) is 18.0 Å². The van der Waals surface area contributed by atoms with Crippen molar-refractivity contribution in [2.45, 2.75) is 65.6 Å². The van der Waals surface area contributed by atoms with Crippen LogP contribution in [0.1, 0.15) is 49.2 Å². The molecule has 1 aliphatic rings. The van der Waals surface area contributed by atoms with E-state index in [1.54, 1.807) is 6.07 Å². The third-order valence-corrected chi connectivity index (χ3v) is 6.13. The Labute approximate surface area is 190 Å². The molecule has 1 saturated heterocycles. The molecular weight excluding hydrogens is 407 g/mol. The Kier molecular flexibility index (Phi) is 8.12. The number of hydrogen-bond donors (Lipinski definition) is 3. The van der Waals surface area contributed by atoms with Gasteiger partial charge in [-0.1, -0.05) is 6.07 Å². The van der Waals surface area contributed by atoms with E-state index in [9.17, 15) is 9.50 Å². The molecule has 0 amide bonds. The number of aromatic nitrogens is 2. The van der Waals surface area contributed by atoms with Crippen LogP contribution in [0.5, 0.6) is 0 Å². The van der Waals surface area contributed by atoms with E-state index in [1.807, 2.05) is 42.6 Å². The first-order chi connectivity index (χ1) is 15.3. The molecule has 1 fully saturated rings. The van der Waals surface area contributed by atoms with E-state index in [2.05, 4.69) is 34.6 Å². The lowest BCUT2D eigenvalue weighted by molar-refractivity contribution is 0.145. The summed E-state index contributed by atoms with van der Waals surface area (Å²) in [5.41, 5.74) is 4.92. The van der Waals surface area contributed by atoms with Crippen LogP contribution in [0.4, 0.5) is 10.1 Å². The number of halogens is 1. The van der Waals surface area contributed by atoms with Gasteiger partial charge in [0.25, 0.3) is 0 Å². The molecule has 2 heterocycles. The first-order valence-electron chi connectivity index (χ1n) is 11.5. The van der Waals surface area contributed by atoms with E-state index < -0.39 is 0 Å². The summed E-state index contributed by atoms with van der Waals surface area (Å²) in [6.07, 6.45) is 1.94. The number of guanidine groups is 1. The quantitative estimate of drug-likeness (QED) is 0.452. The topological polar surface area (TPSA) is 77.7 Å². The van der Waals surface area contributed by atoms with Gasteiger partial charge >= 0.3 is 0 Å². The average molecular weight is 445 g/mol. The normalized spacial score (nSPS) is 16.3. The number of rotatable bonds is 7. The maximum absolute atomic E-state index is 14.7. The molecule has 32 heavy (non-hydrogen) atoms. The van der Waals surface area contributed by atoms with Gasteiger partial charge in [0.05, 0.1) is 24.0 Å². The van der Waals surface area contributed by atoms with Gasteiger partial charge in [0.2, 0.25) is 0 Å². The van der Waals surface area contributed by atoms with Crippen LogP contribution in [0.15, 0.2) is 23.2 Å². The van der Waals surface area contributed by atoms with E-state index in [4.69, 9.17) is 0 Å². The van der Waals surface area contributed by atoms with Gasteiger partial charge in [-0.2, -0.15) is 5.10 Å². The first kappa shape index (κ1) is 24.0. The summed E-state index contributed by atoms with van der Waals surface area (Å²) in [6.45, 7) is 10.8. The minimum Gasteiger partial charge on any atom is -0.393 e. The predicted octanol–water partition coefficient (Wildman–Crippen LogP) is 2.82. The summed E-state index contributed by atoms with van der Waals surface area (Å²) in [6, 6.07) is 5.50. The third kappa shape index (κ3) is 6.00. The number of aliphatic hydroxyl groups excluding tert-OH is 1. The lowest BCUT2D eigenvalue weighted by Crippen LogP contribution is -2.43. The molecule has 0 bridgehead atoms. The van der Waals surface area contributed by atoms with Crippen molar-refractivity contribution in [3.8, 4) is 0 Å². The fraction of sp³-hybridized carbons (Fsp3) is 0.583. The van der Waals surface area contributed by atoms with Gasteiger partial charge in [0.1, 0.15) is 5.82 Å². The number of nitrogens with one attached hydrogen (secondary N) is 2. The highest BCUT2D eigenvalue weighted by Gasteiger charge is 2.20. The second-order valence-corrected chi connectivity index (χ2v) is 8.72. The summed E-state index contributed by atoms with van der Waals surface area (Å²) in [4.78, 5) is 6.67. The number of hydrogen-bond acceptors (Lipinski definition) is 4. The van der Waals surface area contributed by atoms with Crippen molar-refractivity contribution in [2.24, 2.45) is 12.0 Å². The number of nitrogens with zero attached hydrogens (tertiary/aromatic N) is 4. The van der Waals surface area contributed by atoms with Crippen molar-refractivity contribution >= 4 is 11.6 Å². The van der Waals surface area contributed by atoms with Crippen LogP contribution in [0.3, 0.4) is 0 Å². The number of piperidine rings is 1. The molecule has 1 aromatic carbocycles. The largest absolute Gasteiger partial charge is 0.393 e.